The number of alkyl halides is 5. The Morgan fingerprint density at radius 3 is 2.58 bits per heavy atom. The summed E-state index contributed by atoms with van der Waals surface area (Å²) in [5.74, 6) is -5.84. The van der Waals surface area contributed by atoms with Crippen LogP contribution in [0.2, 0.25) is 0 Å². The SMILES string of the molecule is CCc1cc2c(N3CCn4c(nnc4C(F)(F)C(F)(F)F)C3)nc(NCC(CO)CCCO)nc2s1. The molecule has 0 fully saturated rings. The minimum atomic E-state index is -5.77. The quantitative estimate of drug-likeness (QED) is 0.339. The van der Waals surface area contributed by atoms with E-state index in [9.17, 15) is 27.1 Å². The van der Waals surface area contributed by atoms with E-state index in [0.717, 1.165) is 21.3 Å². The number of anilines is 2. The molecule has 1 unspecified atom stereocenters. The van der Waals surface area contributed by atoms with Crippen LogP contribution in [0.3, 0.4) is 0 Å². The van der Waals surface area contributed by atoms with Gasteiger partial charge in [-0.2, -0.15) is 26.9 Å². The van der Waals surface area contributed by atoms with Crippen LogP contribution in [-0.4, -0.2) is 67.4 Å². The number of aromatic nitrogens is 5. The van der Waals surface area contributed by atoms with Crippen LogP contribution < -0.4 is 10.2 Å². The van der Waals surface area contributed by atoms with Crippen LogP contribution in [0.4, 0.5) is 33.7 Å². The summed E-state index contributed by atoms with van der Waals surface area (Å²) in [6.45, 7) is 2.20. The molecule has 0 aromatic carbocycles. The van der Waals surface area contributed by atoms with E-state index in [1.54, 1.807) is 4.90 Å². The second-order valence-corrected chi connectivity index (χ2v) is 9.65. The fourth-order valence-electron chi connectivity index (χ4n) is 4.02. The van der Waals surface area contributed by atoms with Crippen molar-refractivity contribution in [3.05, 3.63) is 22.6 Å². The van der Waals surface area contributed by atoms with Gasteiger partial charge in [-0.05, 0) is 31.2 Å². The molecule has 0 spiro atoms. The molecule has 15 heteroatoms. The highest BCUT2D eigenvalue weighted by molar-refractivity contribution is 7.18. The van der Waals surface area contributed by atoms with E-state index < -0.39 is 17.9 Å². The van der Waals surface area contributed by atoms with Gasteiger partial charge >= 0.3 is 12.1 Å². The van der Waals surface area contributed by atoms with Crippen LogP contribution in [-0.2, 0) is 25.4 Å². The van der Waals surface area contributed by atoms with Gasteiger partial charge in [0.05, 0.1) is 11.9 Å². The van der Waals surface area contributed by atoms with E-state index in [2.05, 4.69) is 25.5 Å². The smallest absolute Gasteiger partial charge is 0.396 e. The molecule has 1 aliphatic heterocycles. The first-order valence-corrected chi connectivity index (χ1v) is 12.3. The first kappa shape index (κ1) is 26.4. The van der Waals surface area contributed by atoms with Crippen LogP contribution in [0.5, 0.6) is 0 Å². The second-order valence-electron chi connectivity index (χ2n) is 8.54. The first-order chi connectivity index (χ1) is 17.1. The molecular formula is C21H26F5N7O2S. The van der Waals surface area contributed by atoms with Crippen LogP contribution in [0, 0.1) is 5.92 Å². The summed E-state index contributed by atoms with van der Waals surface area (Å²) in [4.78, 5) is 12.7. The fraction of sp³-hybridized carbons (Fsp3) is 0.619. The fourth-order valence-corrected chi connectivity index (χ4v) is 4.98. The Morgan fingerprint density at radius 1 is 1.14 bits per heavy atom. The standard InChI is InChI=1S/C21H26F5N7O2S/c1-2-13-8-14-16(28-19(29-17(14)36-13)27-9-12(11-35)4-3-7-34)32-5-6-33-15(10-32)30-31-18(33)20(22,23)21(24,25)26/h8,12,34-35H,2-7,9-11H2,1H3,(H,27,28,29). The molecule has 0 saturated heterocycles. The number of rotatable bonds is 10. The summed E-state index contributed by atoms with van der Waals surface area (Å²) >= 11 is 1.48. The Labute approximate surface area is 207 Å². The lowest BCUT2D eigenvalue weighted by atomic mass is 10.1. The van der Waals surface area contributed by atoms with E-state index in [1.165, 1.54) is 11.3 Å². The van der Waals surface area contributed by atoms with Gasteiger partial charge in [-0.25, -0.2) is 4.98 Å². The minimum absolute atomic E-state index is 0.0169. The average molecular weight is 536 g/mol. The Morgan fingerprint density at radius 2 is 1.92 bits per heavy atom. The maximum absolute atomic E-state index is 13.9. The third kappa shape index (κ3) is 5.09. The van der Waals surface area contributed by atoms with Gasteiger partial charge in [-0.3, -0.25) is 0 Å². The predicted molar refractivity (Wildman–Crippen MR) is 123 cm³/mol. The lowest BCUT2D eigenvalue weighted by molar-refractivity contribution is -0.293. The summed E-state index contributed by atoms with van der Waals surface area (Å²) in [5, 5.41) is 29.3. The minimum Gasteiger partial charge on any atom is -0.396 e. The summed E-state index contributed by atoms with van der Waals surface area (Å²) < 4.78 is 67.4. The number of halogens is 5. The van der Waals surface area contributed by atoms with Gasteiger partial charge in [0.2, 0.25) is 11.8 Å². The first-order valence-electron chi connectivity index (χ1n) is 11.5. The van der Waals surface area contributed by atoms with Gasteiger partial charge in [0.15, 0.2) is 5.82 Å². The van der Waals surface area contributed by atoms with Gasteiger partial charge in [0.25, 0.3) is 0 Å². The van der Waals surface area contributed by atoms with Crippen molar-refractivity contribution in [3.8, 4) is 0 Å². The Hall–Kier alpha value is -2.65. The molecule has 0 radical (unpaired) electrons. The molecule has 0 amide bonds. The predicted octanol–water partition coefficient (Wildman–Crippen LogP) is 3.31. The van der Waals surface area contributed by atoms with Crippen molar-refractivity contribution in [3.63, 3.8) is 0 Å². The molecule has 0 saturated carbocycles. The van der Waals surface area contributed by atoms with Gasteiger partial charge in [0, 0.05) is 37.7 Å². The van der Waals surface area contributed by atoms with Crippen LogP contribution >= 0.6 is 11.3 Å². The van der Waals surface area contributed by atoms with E-state index in [-0.39, 0.29) is 44.6 Å². The largest absolute Gasteiger partial charge is 0.461 e. The number of aliphatic hydroxyl groups is 2. The molecule has 3 N–H and O–H groups in total. The second kappa shape index (κ2) is 10.4. The number of hydrogen-bond donors (Lipinski definition) is 3. The zero-order valence-corrected chi connectivity index (χ0v) is 20.2. The van der Waals surface area contributed by atoms with E-state index in [4.69, 9.17) is 5.11 Å². The highest BCUT2D eigenvalue weighted by atomic mass is 32.1. The monoisotopic (exact) mass is 535 g/mol. The number of aliphatic hydroxyl groups excluding tert-OH is 2. The highest BCUT2D eigenvalue weighted by Crippen LogP contribution is 2.43. The van der Waals surface area contributed by atoms with Gasteiger partial charge in [-0.15, -0.1) is 21.5 Å². The summed E-state index contributed by atoms with van der Waals surface area (Å²) in [6, 6.07) is 1.94. The van der Waals surface area contributed by atoms with E-state index in [0.29, 0.717) is 36.0 Å². The lowest BCUT2D eigenvalue weighted by Gasteiger charge is -2.30. The molecule has 1 atom stereocenters. The number of thiophene rings is 1. The molecular weight excluding hydrogens is 509 g/mol. The average Bonchev–Trinajstić information content (AvgIpc) is 3.46. The van der Waals surface area contributed by atoms with Gasteiger partial charge in [0.1, 0.15) is 10.6 Å². The van der Waals surface area contributed by atoms with Crippen LogP contribution in [0.1, 0.15) is 36.3 Å². The molecule has 3 aromatic heterocycles. The van der Waals surface area contributed by atoms with Crippen molar-refractivity contribution in [2.24, 2.45) is 5.92 Å². The summed E-state index contributed by atoms with van der Waals surface area (Å²) in [7, 11) is 0. The molecule has 0 bridgehead atoms. The third-order valence-corrected chi connectivity index (χ3v) is 7.21. The lowest BCUT2D eigenvalue weighted by Crippen LogP contribution is -2.40. The third-order valence-electron chi connectivity index (χ3n) is 6.04. The van der Waals surface area contributed by atoms with Gasteiger partial charge in [-0.1, -0.05) is 6.92 Å². The highest BCUT2D eigenvalue weighted by Gasteiger charge is 2.62. The topological polar surface area (TPSA) is 112 Å². The molecule has 3 aromatic rings. The number of aryl methyl sites for hydroxylation is 1. The maximum atomic E-state index is 13.9. The van der Waals surface area contributed by atoms with Crippen molar-refractivity contribution in [2.75, 3.05) is 36.5 Å². The number of nitrogens with one attached hydrogen (secondary N) is 1. The normalized spacial score (nSPS) is 15.4. The molecule has 198 valence electrons. The summed E-state index contributed by atoms with van der Waals surface area (Å²) in [5.41, 5.74) is 0. The van der Waals surface area contributed by atoms with Crippen molar-refractivity contribution >= 4 is 33.3 Å². The van der Waals surface area contributed by atoms with E-state index in [1.807, 2.05) is 13.0 Å². The zero-order chi connectivity index (χ0) is 26.1. The Kier molecular flexibility index (Phi) is 7.61. The number of fused-ring (bicyclic) bond motifs is 2. The van der Waals surface area contributed by atoms with Gasteiger partial charge < -0.3 is 25.0 Å². The maximum Gasteiger partial charge on any atom is 0.461 e. The molecule has 9 nitrogen and oxygen atoms in total. The van der Waals surface area contributed by atoms with Crippen molar-refractivity contribution in [1.82, 2.24) is 24.7 Å². The Bertz CT molecular complexity index is 1200. The van der Waals surface area contributed by atoms with Crippen molar-refractivity contribution in [1.29, 1.82) is 0 Å². The number of hydrogen-bond acceptors (Lipinski definition) is 9. The van der Waals surface area contributed by atoms with Crippen molar-refractivity contribution < 1.29 is 32.2 Å². The zero-order valence-electron chi connectivity index (χ0n) is 19.4. The van der Waals surface area contributed by atoms with E-state index >= 15 is 0 Å². The molecule has 1 aliphatic rings. The Balaban J connectivity index is 1.63. The molecule has 4 heterocycles. The van der Waals surface area contributed by atoms with Crippen LogP contribution in [0.15, 0.2) is 6.07 Å². The molecule has 0 aliphatic carbocycles. The summed E-state index contributed by atoms with van der Waals surface area (Å²) in [6.07, 6.45) is -3.85. The van der Waals surface area contributed by atoms with Crippen molar-refractivity contribution in [2.45, 2.75) is 51.4 Å². The van der Waals surface area contributed by atoms with Crippen LogP contribution in [0.25, 0.3) is 10.2 Å². The number of nitrogens with zero attached hydrogens (tertiary/aromatic N) is 6. The molecule has 36 heavy (non-hydrogen) atoms. The molecule has 4 rings (SSSR count).